The van der Waals surface area contributed by atoms with Crippen molar-refractivity contribution in [3.05, 3.63) is 140 Å². The maximum absolute atomic E-state index is 13.1. The third-order valence-electron chi connectivity index (χ3n) is 7.25. The van der Waals surface area contributed by atoms with Gasteiger partial charge < -0.3 is 9.47 Å². The Morgan fingerprint density at radius 2 is 1.39 bits per heavy atom. The van der Waals surface area contributed by atoms with Crippen molar-refractivity contribution >= 4 is 10.1 Å². The van der Waals surface area contributed by atoms with Crippen LogP contribution < -0.4 is 11.2 Å². The lowest BCUT2D eigenvalue weighted by atomic mass is 9.80. The summed E-state index contributed by atoms with van der Waals surface area (Å²) in [6.45, 7) is 1.11. The molecule has 4 aromatic rings. The zero-order valence-corrected chi connectivity index (χ0v) is 24.3. The minimum atomic E-state index is -5.10. The molecule has 1 aliphatic rings. The molecule has 0 saturated carbocycles. The first kappa shape index (κ1) is 31.4. The number of aromatic amines is 1. The van der Waals surface area contributed by atoms with Crippen molar-refractivity contribution in [3.63, 3.8) is 0 Å². The third-order valence-corrected chi connectivity index (χ3v) is 8.47. The molecule has 1 fully saturated rings. The first-order valence-electron chi connectivity index (χ1n) is 13.6. The number of aromatic nitrogens is 2. The highest BCUT2D eigenvalue weighted by Crippen LogP contribution is 2.42. The molecule has 1 aliphatic heterocycles. The summed E-state index contributed by atoms with van der Waals surface area (Å²) in [5.41, 5.74) is -0.373. The number of hydrogen-bond acceptors (Lipinski definition) is 7. The fraction of sp³-hybridized carbons (Fsp3) is 0.290. The second-order valence-electron chi connectivity index (χ2n) is 10.4. The Kier molecular flexibility index (Phi) is 8.93. The van der Waals surface area contributed by atoms with Crippen LogP contribution in [0.1, 0.15) is 34.9 Å². The van der Waals surface area contributed by atoms with E-state index in [1.807, 2.05) is 91.0 Å². The van der Waals surface area contributed by atoms with Crippen LogP contribution in [0.25, 0.3) is 0 Å². The third kappa shape index (κ3) is 6.86. The summed E-state index contributed by atoms with van der Waals surface area (Å²) in [6, 6.07) is 27.7. The topological polar surface area (TPSA) is 117 Å². The molecular weight excluding hydrogens is 601 g/mol. The molecule has 0 unspecified atom stereocenters. The van der Waals surface area contributed by atoms with Gasteiger partial charge in [0.15, 0.2) is 5.75 Å². The fourth-order valence-corrected chi connectivity index (χ4v) is 6.37. The predicted octanol–water partition coefficient (Wildman–Crippen LogP) is 4.42. The summed E-state index contributed by atoms with van der Waals surface area (Å²) < 4.78 is 83.0. The standard InChI is InChI=1S/C31H29F3N2O7S/c1-21-18-36(29(38)35-28(21)37)27-17-25(43-44(39,40)20-30(32,33)34)26(42-27)19-41-31(22-11-5-2-6-12-22,23-13-7-3-8-14-23)24-15-9-4-10-16-24/h2-16,18,25-27H,17,19-20H2,1H3,(H,35,37,38)/t25-,26-,27-/m1/s1. The lowest BCUT2D eigenvalue weighted by Gasteiger charge is -2.37. The molecule has 1 N–H and O–H groups in total. The van der Waals surface area contributed by atoms with Crippen molar-refractivity contribution in [1.82, 2.24) is 9.55 Å². The number of benzene rings is 3. The second-order valence-corrected chi connectivity index (χ2v) is 12.0. The Hall–Kier alpha value is -4.04. The zero-order chi connectivity index (χ0) is 31.5. The summed E-state index contributed by atoms with van der Waals surface area (Å²) in [5.74, 6) is -2.20. The molecule has 13 heteroatoms. The van der Waals surface area contributed by atoms with Crippen LogP contribution in [0, 0.1) is 6.92 Å². The number of H-pyrrole nitrogens is 1. The summed E-state index contributed by atoms with van der Waals surface area (Å²) in [6.07, 6.45) is -7.98. The zero-order valence-electron chi connectivity index (χ0n) is 23.4. The molecule has 0 radical (unpaired) electrons. The van der Waals surface area contributed by atoms with Crippen LogP contribution in [-0.2, 0) is 29.4 Å². The maximum atomic E-state index is 13.1. The highest BCUT2D eigenvalue weighted by Gasteiger charge is 2.46. The van der Waals surface area contributed by atoms with Crippen LogP contribution in [0.15, 0.2) is 107 Å². The van der Waals surface area contributed by atoms with E-state index in [2.05, 4.69) is 4.98 Å². The van der Waals surface area contributed by atoms with Crippen molar-refractivity contribution in [3.8, 4) is 0 Å². The molecule has 1 saturated heterocycles. The number of ether oxygens (including phenoxy) is 2. The van der Waals surface area contributed by atoms with Crippen LogP contribution in [0.5, 0.6) is 0 Å². The number of alkyl halides is 3. The smallest absolute Gasteiger partial charge is 0.358 e. The van der Waals surface area contributed by atoms with E-state index >= 15 is 0 Å². The minimum Gasteiger partial charge on any atom is -0.358 e. The minimum absolute atomic E-state index is 0.173. The van der Waals surface area contributed by atoms with Gasteiger partial charge in [0.2, 0.25) is 0 Å². The normalized spacial score (nSPS) is 19.2. The number of halogens is 3. The van der Waals surface area contributed by atoms with Gasteiger partial charge in [0.25, 0.3) is 15.7 Å². The van der Waals surface area contributed by atoms with Crippen molar-refractivity contribution < 1.29 is 35.2 Å². The summed E-state index contributed by atoms with van der Waals surface area (Å²) >= 11 is 0. The van der Waals surface area contributed by atoms with Crippen LogP contribution in [0.3, 0.4) is 0 Å². The average Bonchev–Trinajstić information content (AvgIpc) is 3.37. The first-order valence-corrected chi connectivity index (χ1v) is 15.2. The van der Waals surface area contributed by atoms with E-state index in [0.29, 0.717) is 0 Å². The molecular formula is C31H29F3N2O7S. The Bertz CT molecular complexity index is 1700. The monoisotopic (exact) mass is 630 g/mol. The van der Waals surface area contributed by atoms with Gasteiger partial charge in [-0.1, -0.05) is 91.0 Å². The van der Waals surface area contributed by atoms with Crippen molar-refractivity contribution in [2.75, 3.05) is 12.4 Å². The Balaban J connectivity index is 1.56. The average molecular weight is 631 g/mol. The molecule has 0 aliphatic carbocycles. The van der Waals surface area contributed by atoms with Gasteiger partial charge in [-0.2, -0.15) is 21.6 Å². The van der Waals surface area contributed by atoms with E-state index in [1.54, 1.807) is 0 Å². The Labute approximate surface area is 251 Å². The largest absolute Gasteiger partial charge is 0.405 e. The van der Waals surface area contributed by atoms with E-state index < -0.39 is 57.3 Å². The number of nitrogens with one attached hydrogen (secondary N) is 1. The van der Waals surface area contributed by atoms with Crippen LogP contribution in [0.2, 0.25) is 0 Å². The molecule has 0 bridgehead atoms. The Morgan fingerprint density at radius 1 is 0.886 bits per heavy atom. The van der Waals surface area contributed by atoms with Crippen LogP contribution in [-0.4, -0.2) is 48.7 Å². The van der Waals surface area contributed by atoms with Gasteiger partial charge in [-0.05, 0) is 23.6 Å². The number of rotatable bonds is 10. The highest BCUT2D eigenvalue weighted by atomic mass is 32.2. The molecule has 232 valence electrons. The van der Waals surface area contributed by atoms with Crippen LogP contribution in [0.4, 0.5) is 13.2 Å². The summed E-state index contributed by atoms with van der Waals surface area (Å²) in [4.78, 5) is 26.7. The van der Waals surface area contributed by atoms with E-state index in [0.717, 1.165) is 21.3 Å². The van der Waals surface area contributed by atoms with Crippen LogP contribution >= 0.6 is 0 Å². The van der Waals surface area contributed by atoms with E-state index in [1.165, 1.54) is 13.1 Å². The SMILES string of the molecule is Cc1cn([C@H]2C[C@@H](OS(=O)(=O)CC(F)(F)F)[C@@H](COC(c3ccccc3)(c3ccccc3)c3ccccc3)O2)c(=O)[nH]c1=O. The van der Waals surface area contributed by atoms with E-state index in [4.69, 9.17) is 13.7 Å². The maximum Gasteiger partial charge on any atom is 0.405 e. The van der Waals surface area contributed by atoms with Gasteiger partial charge in [0.1, 0.15) is 24.0 Å². The van der Waals surface area contributed by atoms with Gasteiger partial charge >= 0.3 is 11.9 Å². The van der Waals surface area contributed by atoms with Crippen molar-refractivity contribution in [2.45, 2.75) is 43.6 Å². The molecule has 0 amide bonds. The second kappa shape index (κ2) is 12.5. The predicted molar refractivity (Wildman–Crippen MR) is 154 cm³/mol. The lowest BCUT2D eigenvalue weighted by Crippen LogP contribution is -2.39. The quantitative estimate of drug-likeness (QED) is 0.204. The molecule has 3 aromatic carbocycles. The number of hydrogen-bond donors (Lipinski definition) is 1. The van der Waals surface area contributed by atoms with E-state index in [9.17, 15) is 31.2 Å². The molecule has 3 atom stereocenters. The van der Waals surface area contributed by atoms with Gasteiger partial charge in [-0.25, -0.2) is 4.79 Å². The molecule has 2 heterocycles. The molecule has 44 heavy (non-hydrogen) atoms. The van der Waals surface area contributed by atoms with E-state index in [-0.39, 0.29) is 18.6 Å². The number of aryl methyl sites for hydroxylation is 1. The van der Waals surface area contributed by atoms with Crippen molar-refractivity contribution in [1.29, 1.82) is 0 Å². The summed E-state index contributed by atoms with van der Waals surface area (Å²) in [5, 5.41) is 0. The molecule has 9 nitrogen and oxygen atoms in total. The van der Waals surface area contributed by atoms with Crippen molar-refractivity contribution in [2.24, 2.45) is 0 Å². The van der Waals surface area contributed by atoms with Gasteiger partial charge in [-0.15, -0.1) is 0 Å². The van der Waals surface area contributed by atoms with Gasteiger partial charge in [0, 0.05) is 18.2 Å². The molecule has 1 aromatic heterocycles. The summed E-state index contributed by atoms with van der Waals surface area (Å²) in [7, 11) is -5.10. The van der Waals surface area contributed by atoms with Gasteiger partial charge in [0.05, 0.1) is 6.61 Å². The molecule has 5 rings (SSSR count). The fourth-order valence-electron chi connectivity index (χ4n) is 5.32. The first-order chi connectivity index (χ1) is 20.9. The number of nitrogens with zero attached hydrogens (tertiary/aromatic N) is 1. The molecule has 0 spiro atoms. The van der Waals surface area contributed by atoms with Gasteiger partial charge in [-0.3, -0.25) is 18.5 Å². The Morgan fingerprint density at radius 3 is 1.86 bits per heavy atom. The highest BCUT2D eigenvalue weighted by molar-refractivity contribution is 7.86. The lowest BCUT2D eigenvalue weighted by molar-refractivity contribution is -0.109.